The maximum absolute atomic E-state index is 15.4. The maximum atomic E-state index is 15.4. The summed E-state index contributed by atoms with van der Waals surface area (Å²) < 4.78 is 62.7. The fraction of sp³-hybridized carbons (Fsp3) is 0.357. The van der Waals surface area contributed by atoms with Gasteiger partial charge in [-0.3, -0.25) is 9.78 Å². The van der Waals surface area contributed by atoms with E-state index in [-0.39, 0.29) is 31.7 Å². The molecule has 0 saturated carbocycles. The number of ether oxygens (including phenoxy) is 1. The van der Waals surface area contributed by atoms with Crippen LogP contribution in [-0.2, 0) is 17.1 Å². The number of carbonyl (C=O) groups is 1. The molecule has 1 aliphatic heterocycles. The molecule has 2 aromatic carbocycles. The molecule has 1 unspecified atom stereocenters. The van der Waals surface area contributed by atoms with Gasteiger partial charge in [-0.05, 0) is 72.9 Å². The normalized spacial score (nSPS) is 16.0. The van der Waals surface area contributed by atoms with Crippen LogP contribution in [0.3, 0.4) is 0 Å². The van der Waals surface area contributed by atoms with E-state index in [1.807, 2.05) is 6.92 Å². The number of benzene rings is 2. The van der Waals surface area contributed by atoms with Crippen LogP contribution in [0, 0.1) is 12.7 Å². The number of morpholine rings is 1. The van der Waals surface area contributed by atoms with Gasteiger partial charge in [0.1, 0.15) is 11.5 Å². The van der Waals surface area contributed by atoms with Crippen LogP contribution in [0.4, 0.5) is 28.9 Å². The first kappa shape index (κ1) is 27.5. The number of aromatic nitrogens is 1. The van der Waals surface area contributed by atoms with Crippen LogP contribution < -0.4 is 10.2 Å². The van der Waals surface area contributed by atoms with Crippen molar-refractivity contribution in [2.24, 2.45) is 0 Å². The lowest BCUT2D eigenvalue weighted by Gasteiger charge is -2.34. The average molecular weight is 532 g/mol. The molecule has 10 heteroatoms. The number of rotatable bonds is 8. The van der Waals surface area contributed by atoms with Crippen LogP contribution in [0.15, 0.2) is 48.7 Å². The summed E-state index contributed by atoms with van der Waals surface area (Å²) in [5, 5.41) is 12.0. The first-order valence-electron chi connectivity index (χ1n) is 12.3. The third-order valence-corrected chi connectivity index (χ3v) is 6.41. The second-order valence-electron chi connectivity index (χ2n) is 9.29. The minimum absolute atomic E-state index is 0.0153. The van der Waals surface area contributed by atoms with E-state index in [1.165, 1.54) is 17.0 Å². The molecule has 1 saturated heterocycles. The molecule has 0 radical (unpaired) electrons. The number of nitrogens with one attached hydrogen (secondary N) is 1. The topological polar surface area (TPSA) is 74.7 Å². The minimum atomic E-state index is -3.20. The van der Waals surface area contributed by atoms with Crippen molar-refractivity contribution < 1.29 is 32.2 Å². The highest BCUT2D eigenvalue weighted by atomic mass is 19.3. The van der Waals surface area contributed by atoms with Crippen molar-refractivity contribution in [1.82, 2.24) is 4.98 Å². The zero-order valence-corrected chi connectivity index (χ0v) is 21.1. The van der Waals surface area contributed by atoms with Crippen LogP contribution in [0.5, 0.6) is 0 Å². The molecular weight excluding hydrogens is 502 g/mol. The average Bonchev–Trinajstić information content (AvgIpc) is 2.88. The second kappa shape index (κ2) is 11.5. The molecule has 0 aliphatic carbocycles. The maximum Gasteiger partial charge on any atom is 0.286 e. The molecular formula is C28H29F4N3O3. The van der Waals surface area contributed by atoms with E-state index in [1.54, 1.807) is 24.3 Å². The Morgan fingerprint density at radius 3 is 2.74 bits per heavy atom. The van der Waals surface area contributed by atoms with Gasteiger partial charge in [0.2, 0.25) is 0 Å². The molecule has 38 heavy (non-hydrogen) atoms. The van der Waals surface area contributed by atoms with Gasteiger partial charge in [0.15, 0.2) is 6.30 Å². The summed E-state index contributed by atoms with van der Waals surface area (Å²) in [7, 11) is 0. The number of anilines is 2. The predicted molar refractivity (Wildman–Crippen MR) is 137 cm³/mol. The first-order valence-corrected chi connectivity index (χ1v) is 12.3. The van der Waals surface area contributed by atoms with Crippen molar-refractivity contribution >= 4 is 17.3 Å². The monoisotopic (exact) mass is 531 g/mol. The van der Waals surface area contributed by atoms with E-state index in [0.717, 1.165) is 17.8 Å². The molecule has 2 heterocycles. The lowest BCUT2D eigenvalue weighted by molar-refractivity contribution is 0.0127. The Kier molecular flexibility index (Phi) is 8.32. The van der Waals surface area contributed by atoms with Gasteiger partial charge in [0, 0.05) is 48.8 Å². The number of hydrogen-bond acceptors (Lipinski definition) is 5. The molecule has 1 atom stereocenters. The number of aliphatic hydroxyl groups is 1. The number of carbonyl (C=O) groups excluding carboxylic acids is 1. The third-order valence-electron chi connectivity index (χ3n) is 6.41. The van der Waals surface area contributed by atoms with Gasteiger partial charge < -0.3 is 20.1 Å². The van der Waals surface area contributed by atoms with Crippen LogP contribution in [0.2, 0.25) is 0 Å². The molecule has 1 aliphatic rings. The van der Waals surface area contributed by atoms with Gasteiger partial charge in [-0.25, -0.2) is 8.78 Å². The third kappa shape index (κ3) is 6.14. The highest BCUT2D eigenvalue weighted by molar-refractivity contribution is 6.04. The highest BCUT2D eigenvalue weighted by Crippen LogP contribution is 2.36. The number of nitrogens with zero attached hydrogens (tertiary/aromatic N) is 2. The van der Waals surface area contributed by atoms with Gasteiger partial charge in [0.25, 0.3) is 11.8 Å². The van der Waals surface area contributed by atoms with Gasteiger partial charge in [-0.2, -0.15) is 8.78 Å². The molecule has 0 spiro atoms. The molecule has 6 nitrogen and oxygen atoms in total. The van der Waals surface area contributed by atoms with Crippen LogP contribution in [0.1, 0.15) is 40.5 Å². The number of pyridine rings is 1. The molecule has 1 aromatic heterocycles. The van der Waals surface area contributed by atoms with Crippen molar-refractivity contribution in [2.45, 2.75) is 38.9 Å². The predicted octanol–water partition coefficient (Wildman–Crippen LogP) is 5.62. The molecule has 1 amide bonds. The van der Waals surface area contributed by atoms with Crippen molar-refractivity contribution in [1.29, 1.82) is 0 Å². The number of alkyl halides is 3. The summed E-state index contributed by atoms with van der Waals surface area (Å²) in [5.41, 5.74) is 2.45. The Hall–Kier alpha value is -3.50. The van der Waals surface area contributed by atoms with Gasteiger partial charge in [0.05, 0.1) is 13.2 Å². The van der Waals surface area contributed by atoms with Crippen molar-refractivity contribution in [2.75, 3.05) is 36.6 Å². The number of aryl methyl sites for hydroxylation is 1. The minimum Gasteiger partial charge on any atom is -0.396 e. The zero-order chi connectivity index (χ0) is 27.4. The van der Waals surface area contributed by atoms with Crippen LogP contribution >= 0.6 is 0 Å². The summed E-state index contributed by atoms with van der Waals surface area (Å²) in [6.07, 6.45) is 0.265. The molecule has 1 fully saturated rings. The van der Waals surface area contributed by atoms with E-state index >= 15 is 4.39 Å². The first-order chi connectivity index (χ1) is 18.1. The van der Waals surface area contributed by atoms with Crippen molar-refractivity contribution in [3.63, 3.8) is 0 Å². The second-order valence-corrected chi connectivity index (χ2v) is 9.29. The lowest BCUT2D eigenvalue weighted by Crippen LogP contribution is -2.43. The summed E-state index contributed by atoms with van der Waals surface area (Å²) in [5.74, 6) is -4.33. The molecule has 202 valence electrons. The summed E-state index contributed by atoms with van der Waals surface area (Å²) in [4.78, 5) is 17.9. The number of hydrogen-bond donors (Lipinski definition) is 2. The Balaban J connectivity index is 1.69. The Bertz CT molecular complexity index is 1310. The number of halogens is 4. The largest absolute Gasteiger partial charge is 0.396 e. The summed E-state index contributed by atoms with van der Waals surface area (Å²) in [6, 6.07) is 10.5. The van der Waals surface area contributed by atoms with Gasteiger partial charge in [-0.15, -0.1) is 0 Å². The van der Waals surface area contributed by atoms with E-state index < -0.39 is 29.6 Å². The number of amides is 1. The van der Waals surface area contributed by atoms with E-state index in [4.69, 9.17) is 4.74 Å². The summed E-state index contributed by atoms with van der Waals surface area (Å²) >= 11 is 0. The van der Waals surface area contributed by atoms with Crippen LogP contribution in [-0.4, -0.2) is 48.7 Å². The zero-order valence-electron chi connectivity index (χ0n) is 21.1. The molecule has 3 aromatic rings. The quantitative estimate of drug-likeness (QED) is 0.292. The van der Waals surface area contributed by atoms with E-state index in [9.17, 15) is 23.1 Å². The Labute approximate surface area is 218 Å². The number of aliphatic hydroxyl groups excluding tert-OH is 1. The van der Waals surface area contributed by atoms with Crippen molar-refractivity contribution in [3.05, 3.63) is 76.9 Å². The fourth-order valence-electron chi connectivity index (χ4n) is 4.41. The van der Waals surface area contributed by atoms with Crippen molar-refractivity contribution in [3.8, 4) is 11.1 Å². The molecule has 2 N–H and O–H groups in total. The Morgan fingerprint density at radius 2 is 2.03 bits per heavy atom. The fourth-order valence-corrected chi connectivity index (χ4v) is 4.41. The SMILES string of the molecule is Cc1ccc(NC(=O)c2ccnc(C(C)(F)F)c2)cc1-c1cc(F)c(CCCO)c(N2CCOCC2F)c1. The lowest BCUT2D eigenvalue weighted by atomic mass is 9.95. The molecule has 0 bridgehead atoms. The van der Waals surface area contributed by atoms with E-state index in [0.29, 0.717) is 48.0 Å². The van der Waals surface area contributed by atoms with Crippen LogP contribution in [0.25, 0.3) is 11.1 Å². The standard InChI is InChI=1S/C28H29F4N3O3/c1-17-5-6-20(34-27(37)18-7-8-33-25(14-18)28(2,31)32)15-22(17)19-12-23(29)21(4-3-10-36)24(13-19)35-9-11-38-16-26(35)30/h5-8,12-15,26,36H,3-4,9-11,16H2,1-2H3,(H,34,37). The highest BCUT2D eigenvalue weighted by Gasteiger charge is 2.28. The summed E-state index contributed by atoms with van der Waals surface area (Å²) in [6.45, 7) is 2.81. The van der Waals surface area contributed by atoms with Gasteiger partial charge >= 0.3 is 0 Å². The van der Waals surface area contributed by atoms with E-state index in [2.05, 4.69) is 10.3 Å². The molecule has 4 rings (SSSR count). The Morgan fingerprint density at radius 1 is 1.24 bits per heavy atom. The van der Waals surface area contributed by atoms with Gasteiger partial charge in [-0.1, -0.05) is 6.07 Å². The smallest absolute Gasteiger partial charge is 0.286 e.